The van der Waals surface area contributed by atoms with Gasteiger partial charge in [0.15, 0.2) is 5.11 Å². The van der Waals surface area contributed by atoms with E-state index in [1.165, 1.54) is 24.3 Å². The molecule has 0 fully saturated rings. The number of halogens is 3. The lowest BCUT2D eigenvalue weighted by Crippen LogP contribution is -2.36. The van der Waals surface area contributed by atoms with Crippen molar-refractivity contribution in [1.29, 1.82) is 0 Å². The summed E-state index contributed by atoms with van der Waals surface area (Å²) in [7, 11) is 3.84. The van der Waals surface area contributed by atoms with Crippen molar-refractivity contribution in [2.45, 2.75) is 12.4 Å². The SMILES string of the molecule is CN(C)[C@@H](CNC(=S)Nc1ccc(OC(F)(F)F)cc1)c1ccco1. The molecular formula is C16H18F3N3O2S. The molecule has 9 heteroatoms. The first-order valence-electron chi connectivity index (χ1n) is 7.35. The van der Waals surface area contributed by atoms with Crippen LogP contribution in [0.15, 0.2) is 47.1 Å². The van der Waals surface area contributed by atoms with Gasteiger partial charge in [0.05, 0.1) is 12.3 Å². The molecule has 25 heavy (non-hydrogen) atoms. The molecule has 2 aromatic rings. The minimum absolute atomic E-state index is 0.0164. The number of ether oxygens (including phenoxy) is 1. The van der Waals surface area contributed by atoms with Crippen LogP contribution in [0.2, 0.25) is 0 Å². The summed E-state index contributed by atoms with van der Waals surface area (Å²) in [5.41, 5.74) is 0.548. The van der Waals surface area contributed by atoms with Crippen LogP contribution in [0.1, 0.15) is 11.8 Å². The molecule has 0 unspecified atom stereocenters. The standard InChI is InChI=1S/C16H18F3N3O2S/c1-22(2)13(14-4-3-9-23-14)10-20-15(25)21-11-5-7-12(8-6-11)24-16(17,18)19/h3-9,13H,10H2,1-2H3,(H2,20,21,25)/t13-/m0/s1. The van der Waals surface area contributed by atoms with E-state index in [2.05, 4.69) is 15.4 Å². The summed E-state index contributed by atoms with van der Waals surface area (Å²) in [6.45, 7) is 0.502. The van der Waals surface area contributed by atoms with Crippen molar-refractivity contribution in [2.24, 2.45) is 0 Å². The third kappa shape index (κ3) is 6.28. The highest BCUT2D eigenvalue weighted by Crippen LogP contribution is 2.24. The Bertz CT molecular complexity index is 673. The Balaban J connectivity index is 1.87. The molecule has 0 aliphatic rings. The van der Waals surface area contributed by atoms with Gasteiger partial charge in [-0.25, -0.2) is 0 Å². The highest BCUT2D eigenvalue weighted by atomic mass is 32.1. The number of rotatable bonds is 6. The molecule has 5 nitrogen and oxygen atoms in total. The summed E-state index contributed by atoms with van der Waals surface area (Å²) in [5, 5.41) is 6.32. The number of nitrogens with zero attached hydrogens (tertiary/aromatic N) is 1. The summed E-state index contributed by atoms with van der Waals surface area (Å²) >= 11 is 5.21. The van der Waals surface area contributed by atoms with Crippen LogP contribution in [0.4, 0.5) is 18.9 Å². The Morgan fingerprint density at radius 2 is 1.92 bits per heavy atom. The topological polar surface area (TPSA) is 49.7 Å². The van der Waals surface area contributed by atoms with Crippen LogP contribution in [0.25, 0.3) is 0 Å². The van der Waals surface area contributed by atoms with Gasteiger partial charge in [0.1, 0.15) is 11.5 Å². The van der Waals surface area contributed by atoms with Crippen LogP contribution in [-0.2, 0) is 0 Å². The van der Waals surface area contributed by atoms with Gasteiger partial charge in [0, 0.05) is 12.2 Å². The van der Waals surface area contributed by atoms with Crippen molar-refractivity contribution in [3.8, 4) is 5.75 Å². The number of hydrogen-bond donors (Lipinski definition) is 2. The van der Waals surface area contributed by atoms with E-state index in [1.54, 1.807) is 6.26 Å². The van der Waals surface area contributed by atoms with Crippen molar-refractivity contribution < 1.29 is 22.3 Å². The van der Waals surface area contributed by atoms with Gasteiger partial charge in [0.2, 0.25) is 0 Å². The maximum Gasteiger partial charge on any atom is 0.573 e. The second-order valence-electron chi connectivity index (χ2n) is 5.40. The second kappa shape index (κ2) is 8.21. The van der Waals surface area contributed by atoms with E-state index in [4.69, 9.17) is 16.6 Å². The van der Waals surface area contributed by atoms with E-state index in [0.29, 0.717) is 17.3 Å². The molecule has 0 aliphatic heterocycles. The fraction of sp³-hybridized carbons (Fsp3) is 0.312. The van der Waals surface area contributed by atoms with Crippen LogP contribution in [0.3, 0.4) is 0 Å². The normalized spacial score (nSPS) is 12.7. The van der Waals surface area contributed by atoms with Gasteiger partial charge in [-0.2, -0.15) is 0 Å². The molecule has 1 aromatic carbocycles. The van der Waals surface area contributed by atoms with Crippen molar-refractivity contribution in [3.63, 3.8) is 0 Å². The Kier molecular flexibility index (Phi) is 6.27. The van der Waals surface area contributed by atoms with Crippen molar-refractivity contribution >= 4 is 23.0 Å². The number of hydrogen-bond acceptors (Lipinski definition) is 4. The lowest BCUT2D eigenvalue weighted by molar-refractivity contribution is -0.274. The molecule has 0 amide bonds. The van der Waals surface area contributed by atoms with E-state index in [0.717, 1.165) is 5.76 Å². The minimum atomic E-state index is -4.71. The van der Waals surface area contributed by atoms with E-state index < -0.39 is 6.36 Å². The largest absolute Gasteiger partial charge is 0.573 e. The second-order valence-corrected chi connectivity index (χ2v) is 5.81. The molecule has 1 atom stereocenters. The predicted octanol–water partition coefficient (Wildman–Crippen LogP) is 3.77. The first kappa shape index (κ1) is 19.1. The van der Waals surface area contributed by atoms with Gasteiger partial charge in [-0.15, -0.1) is 13.2 Å². The summed E-state index contributed by atoms with van der Waals surface area (Å²) in [4.78, 5) is 1.98. The number of likely N-dealkylation sites (N-methyl/N-ethyl adjacent to an activating group) is 1. The van der Waals surface area contributed by atoms with E-state index in [1.807, 2.05) is 31.1 Å². The fourth-order valence-electron chi connectivity index (χ4n) is 2.12. The third-order valence-corrected chi connectivity index (χ3v) is 3.54. The Morgan fingerprint density at radius 1 is 1.24 bits per heavy atom. The summed E-state index contributed by atoms with van der Waals surface area (Å²) < 4.78 is 45.6. The third-order valence-electron chi connectivity index (χ3n) is 3.30. The van der Waals surface area contributed by atoms with Gasteiger partial charge in [-0.3, -0.25) is 4.90 Å². The minimum Gasteiger partial charge on any atom is -0.468 e. The Hall–Kier alpha value is -2.26. The molecule has 0 spiro atoms. The van der Waals surface area contributed by atoms with Gasteiger partial charge in [-0.1, -0.05) is 0 Å². The number of benzene rings is 1. The average Bonchev–Trinajstić information content (AvgIpc) is 3.02. The van der Waals surface area contributed by atoms with Gasteiger partial charge < -0.3 is 19.8 Å². The van der Waals surface area contributed by atoms with Gasteiger partial charge in [0.25, 0.3) is 0 Å². The van der Waals surface area contributed by atoms with Gasteiger partial charge in [-0.05, 0) is 62.7 Å². The van der Waals surface area contributed by atoms with Crippen LogP contribution >= 0.6 is 12.2 Å². The summed E-state index contributed by atoms with van der Waals surface area (Å²) in [6, 6.07) is 9.00. The van der Waals surface area contributed by atoms with Crippen molar-refractivity contribution in [2.75, 3.05) is 26.0 Å². The van der Waals surface area contributed by atoms with Crippen molar-refractivity contribution in [1.82, 2.24) is 10.2 Å². The number of nitrogens with one attached hydrogen (secondary N) is 2. The van der Waals surface area contributed by atoms with Crippen molar-refractivity contribution in [3.05, 3.63) is 48.4 Å². The zero-order chi connectivity index (χ0) is 18.4. The molecule has 1 heterocycles. The number of alkyl halides is 3. The van der Waals surface area contributed by atoms with E-state index in [9.17, 15) is 13.2 Å². The van der Waals surface area contributed by atoms with Crippen LogP contribution < -0.4 is 15.4 Å². The quantitative estimate of drug-likeness (QED) is 0.752. The fourth-order valence-corrected chi connectivity index (χ4v) is 2.32. The Morgan fingerprint density at radius 3 is 2.44 bits per heavy atom. The van der Waals surface area contributed by atoms with E-state index >= 15 is 0 Å². The Labute approximate surface area is 148 Å². The van der Waals surface area contributed by atoms with Crippen LogP contribution in [-0.4, -0.2) is 37.0 Å². The maximum atomic E-state index is 12.1. The highest BCUT2D eigenvalue weighted by Gasteiger charge is 2.30. The number of furan rings is 1. The molecule has 0 saturated heterocycles. The predicted molar refractivity (Wildman–Crippen MR) is 92.5 cm³/mol. The lowest BCUT2D eigenvalue weighted by Gasteiger charge is -2.23. The van der Waals surface area contributed by atoms with E-state index in [-0.39, 0.29) is 11.8 Å². The first-order valence-corrected chi connectivity index (χ1v) is 7.76. The van der Waals surface area contributed by atoms with Gasteiger partial charge >= 0.3 is 6.36 Å². The molecule has 0 bridgehead atoms. The molecule has 136 valence electrons. The lowest BCUT2D eigenvalue weighted by atomic mass is 10.2. The van der Waals surface area contributed by atoms with Crippen LogP contribution in [0, 0.1) is 0 Å². The molecule has 0 saturated carbocycles. The molecule has 2 N–H and O–H groups in total. The smallest absolute Gasteiger partial charge is 0.468 e. The highest BCUT2D eigenvalue weighted by molar-refractivity contribution is 7.80. The molecule has 2 rings (SSSR count). The summed E-state index contributed by atoms with van der Waals surface area (Å²) in [6.07, 6.45) is -3.11. The number of anilines is 1. The zero-order valence-corrected chi connectivity index (χ0v) is 14.4. The molecule has 1 aromatic heterocycles. The molecule has 0 aliphatic carbocycles. The number of thiocarbonyl (C=S) groups is 1. The maximum absolute atomic E-state index is 12.1. The zero-order valence-electron chi connectivity index (χ0n) is 13.6. The summed E-state index contributed by atoms with van der Waals surface area (Å²) in [5.74, 6) is 0.511. The van der Waals surface area contributed by atoms with Crippen LogP contribution in [0.5, 0.6) is 5.75 Å². The molecule has 0 radical (unpaired) electrons. The molecular weight excluding hydrogens is 355 g/mol. The average molecular weight is 373 g/mol. The monoisotopic (exact) mass is 373 g/mol. The first-order chi connectivity index (χ1) is 11.7.